The van der Waals surface area contributed by atoms with Crippen LogP contribution in [0.25, 0.3) is 0 Å². The Hall–Kier alpha value is -2.23. The first-order chi connectivity index (χ1) is 8.60. The van der Waals surface area contributed by atoms with Gasteiger partial charge in [0, 0.05) is 34.8 Å². The zero-order valence-electron chi connectivity index (χ0n) is 10.3. The summed E-state index contributed by atoms with van der Waals surface area (Å²) in [5.74, 6) is 0.419. The molecule has 3 nitrogen and oxygen atoms in total. The Morgan fingerprint density at radius 1 is 1.22 bits per heavy atom. The van der Waals surface area contributed by atoms with Gasteiger partial charge in [-0.15, -0.1) is 0 Å². The summed E-state index contributed by atoms with van der Waals surface area (Å²) < 4.78 is 18.6. The van der Waals surface area contributed by atoms with Crippen LogP contribution in [0.4, 0.5) is 21.5 Å². The van der Waals surface area contributed by atoms with Crippen LogP contribution in [-0.2, 0) is 0 Å². The summed E-state index contributed by atoms with van der Waals surface area (Å²) in [6, 6.07) is 10.2. The molecule has 0 atom stereocenters. The number of hydrogen-bond acceptors (Lipinski definition) is 3. The van der Waals surface area contributed by atoms with Crippen LogP contribution in [0, 0.1) is 12.7 Å². The summed E-state index contributed by atoms with van der Waals surface area (Å²) in [5, 5.41) is 3.13. The Labute approximate surface area is 105 Å². The summed E-state index contributed by atoms with van der Waals surface area (Å²) in [6.45, 7) is 1.72. The van der Waals surface area contributed by atoms with E-state index >= 15 is 0 Å². The van der Waals surface area contributed by atoms with Gasteiger partial charge in [0.05, 0.1) is 7.11 Å². The van der Waals surface area contributed by atoms with Crippen molar-refractivity contribution >= 4 is 17.1 Å². The molecule has 0 aliphatic carbocycles. The monoisotopic (exact) mass is 246 g/mol. The second-order valence-electron chi connectivity index (χ2n) is 4.03. The smallest absolute Gasteiger partial charge is 0.128 e. The fourth-order valence-electron chi connectivity index (χ4n) is 1.71. The average Bonchev–Trinajstić information content (AvgIpc) is 2.34. The topological polar surface area (TPSA) is 47.3 Å². The lowest BCUT2D eigenvalue weighted by Gasteiger charge is -2.12. The molecular formula is C14H15FN2O. The average molecular weight is 246 g/mol. The molecule has 0 fully saturated rings. The Kier molecular flexibility index (Phi) is 3.37. The van der Waals surface area contributed by atoms with Crippen molar-refractivity contribution in [3.8, 4) is 5.75 Å². The van der Waals surface area contributed by atoms with Crippen molar-refractivity contribution < 1.29 is 9.13 Å². The molecule has 3 N–H and O–H groups in total. The van der Waals surface area contributed by atoms with E-state index in [1.165, 1.54) is 6.07 Å². The minimum absolute atomic E-state index is 0.240. The normalized spacial score (nSPS) is 10.2. The van der Waals surface area contributed by atoms with E-state index in [1.807, 2.05) is 6.07 Å². The van der Waals surface area contributed by atoms with Crippen molar-refractivity contribution in [1.82, 2.24) is 0 Å². The quantitative estimate of drug-likeness (QED) is 0.815. The van der Waals surface area contributed by atoms with Crippen molar-refractivity contribution in [3.63, 3.8) is 0 Å². The molecule has 0 heterocycles. The number of hydrogen-bond donors (Lipinski definition) is 2. The maximum absolute atomic E-state index is 13.4. The number of nitrogens with two attached hydrogens (primary N) is 1. The van der Waals surface area contributed by atoms with Crippen LogP contribution in [0.3, 0.4) is 0 Å². The number of ether oxygens (including phenoxy) is 1. The van der Waals surface area contributed by atoms with Gasteiger partial charge >= 0.3 is 0 Å². The zero-order chi connectivity index (χ0) is 13.1. The van der Waals surface area contributed by atoms with Crippen LogP contribution in [0.2, 0.25) is 0 Å². The first-order valence-corrected chi connectivity index (χ1v) is 5.57. The van der Waals surface area contributed by atoms with E-state index in [-0.39, 0.29) is 5.82 Å². The lowest BCUT2D eigenvalue weighted by Crippen LogP contribution is -1.97. The summed E-state index contributed by atoms with van der Waals surface area (Å²) >= 11 is 0. The molecule has 2 rings (SSSR count). The maximum Gasteiger partial charge on any atom is 0.128 e. The minimum Gasteiger partial charge on any atom is -0.497 e. The van der Waals surface area contributed by atoms with Gasteiger partial charge in [-0.1, -0.05) is 6.07 Å². The highest BCUT2D eigenvalue weighted by atomic mass is 19.1. The van der Waals surface area contributed by atoms with Gasteiger partial charge in [0.15, 0.2) is 0 Å². The van der Waals surface area contributed by atoms with Gasteiger partial charge < -0.3 is 15.8 Å². The van der Waals surface area contributed by atoms with Gasteiger partial charge in [-0.25, -0.2) is 4.39 Å². The second kappa shape index (κ2) is 4.96. The molecule has 94 valence electrons. The van der Waals surface area contributed by atoms with Crippen LogP contribution in [0.1, 0.15) is 5.56 Å². The Balaban J connectivity index is 2.34. The summed E-state index contributed by atoms with van der Waals surface area (Å²) in [5.41, 5.74) is 8.39. The molecule has 0 aliphatic heterocycles. The van der Waals surface area contributed by atoms with E-state index in [0.29, 0.717) is 22.7 Å². The van der Waals surface area contributed by atoms with E-state index < -0.39 is 0 Å². The van der Waals surface area contributed by atoms with E-state index in [0.717, 1.165) is 5.69 Å². The van der Waals surface area contributed by atoms with Gasteiger partial charge in [-0.3, -0.25) is 0 Å². The van der Waals surface area contributed by atoms with Crippen LogP contribution >= 0.6 is 0 Å². The van der Waals surface area contributed by atoms with E-state index in [2.05, 4.69) is 5.32 Å². The second-order valence-corrected chi connectivity index (χ2v) is 4.03. The molecule has 18 heavy (non-hydrogen) atoms. The molecule has 0 aromatic heterocycles. The SMILES string of the molecule is COc1cc(N)cc(Nc2cccc(F)c2C)c1. The van der Waals surface area contributed by atoms with Crippen molar-refractivity contribution in [1.29, 1.82) is 0 Å². The Morgan fingerprint density at radius 3 is 2.72 bits per heavy atom. The van der Waals surface area contributed by atoms with Gasteiger partial charge in [-0.05, 0) is 25.1 Å². The van der Waals surface area contributed by atoms with Crippen molar-refractivity contribution in [2.75, 3.05) is 18.2 Å². The van der Waals surface area contributed by atoms with Crippen molar-refractivity contribution in [2.45, 2.75) is 6.92 Å². The minimum atomic E-state index is -0.240. The third-order valence-electron chi connectivity index (χ3n) is 2.71. The highest BCUT2D eigenvalue weighted by Gasteiger charge is 2.05. The molecular weight excluding hydrogens is 231 g/mol. The van der Waals surface area contributed by atoms with Crippen LogP contribution in [0.15, 0.2) is 36.4 Å². The largest absolute Gasteiger partial charge is 0.497 e. The van der Waals surface area contributed by atoms with E-state index in [4.69, 9.17) is 10.5 Å². The number of rotatable bonds is 3. The molecule has 0 unspecified atom stereocenters. The molecule has 0 spiro atoms. The molecule has 0 aliphatic rings. The number of methoxy groups -OCH3 is 1. The summed E-state index contributed by atoms with van der Waals surface area (Å²) in [6.07, 6.45) is 0. The predicted octanol–water partition coefficient (Wildman–Crippen LogP) is 3.47. The molecule has 0 bridgehead atoms. The standard InChI is InChI=1S/C14H15FN2O/c1-9-13(15)4-3-5-14(9)17-11-6-10(16)7-12(8-11)18-2/h3-8,17H,16H2,1-2H3. The number of halogens is 1. The first kappa shape index (κ1) is 12.2. The maximum atomic E-state index is 13.4. The predicted molar refractivity (Wildman–Crippen MR) is 71.8 cm³/mol. The van der Waals surface area contributed by atoms with E-state index in [9.17, 15) is 4.39 Å². The fraction of sp³-hybridized carbons (Fsp3) is 0.143. The molecule has 0 amide bonds. The third-order valence-corrected chi connectivity index (χ3v) is 2.71. The third kappa shape index (κ3) is 2.53. The molecule has 0 saturated carbocycles. The van der Waals surface area contributed by atoms with Gasteiger partial charge in [0.25, 0.3) is 0 Å². The number of benzene rings is 2. The lowest BCUT2D eigenvalue weighted by atomic mass is 10.1. The molecule has 2 aromatic rings. The van der Waals surface area contributed by atoms with Gasteiger partial charge in [0.1, 0.15) is 11.6 Å². The Bertz CT molecular complexity index is 570. The fourth-order valence-corrected chi connectivity index (χ4v) is 1.71. The molecule has 2 aromatic carbocycles. The number of nitrogen functional groups attached to an aromatic ring is 1. The molecule has 4 heteroatoms. The van der Waals surface area contributed by atoms with Gasteiger partial charge in [-0.2, -0.15) is 0 Å². The van der Waals surface area contributed by atoms with Gasteiger partial charge in [0.2, 0.25) is 0 Å². The molecule has 0 radical (unpaired) electrons. The first-order valence-electron chi connectivity index (χ1n) is 5.57. The number of anilines is 3. The van der Waals surface area contributed by atoms with E-state index in [1.54, 1.807) is 38.3 Å². The summed E-state index contributed by atoms with van der Waals surface area (Å²) in [4.78, 5) is 0. The lowest BCUT2D eigenvalue weighted by molar-refractivity contribution is 0.415. The highest BCUT2D eigenvalue weighted by molar-refractivity contribution is 5.68. The highest BCUT2D eigenvalue weighted by Crippen LogP contribution is 2.27. The number of nitrogens with one attached hydrogen (secondary N) is 1. The van der Waals surface area contributed by atoms with Crippen molar-refractivity contribution in [3.05, 3.63) is 47.8 Å². The van der Waals surface area contributed by atoms with Crippen molar-refractivity contribution in [2.24, 2.45) is 0 Å². The van der Waals surface area contributed by atoms with Crippen LogP contribution < -0.4 is 15.8 Å². The van der Waals surface area contributed by atoms with Crippen LogP contribution in [-0.4, -0.2) is 7.11 Å². The zero-order valence-corrected chi connectivity index (χ0v) is 10.3. The summed E-state index contributed by atoms with van der Waals surface area (Å²) in [7, 11) is 1.58. The Morgan fingerprint density at radius 2 is 2.00 bits per heavy atom. The van der Waals surface area contributed by atoms with Crippen LogP contribution in [0.5, 0.6) is 5.75 Å². The molecule has 0 saturated heterocycles.